The second-order valence-corrected chi connectivity index (χ2v) is 3.58. The Labute approximate surface area is 75.5 Å². The summed E-state index contributed by atoms with van der Waals surface area (Å²) in [7, 11) is 0. The SMILES string of the molecule is CCC[C@H](CN)CCC(C)C=O. The summed E-state index contributed by atoms with van der Waals surface area (Å²) in [5.41, 5.74) is 5.60. The summed E-state index contributed by atoms with van der Waals surface area (Å²) in [6.45, 7) is 4.90. The van der Waals surface area contributed by atoms with Crippen LogP contribution in [0.4, 0.5) is 0 Å². The van der Waals surface area contributed by atoms with E-state index in [0.717, 1.165) is 25.7 Å². The van der Waals surface area contributed by atoms with Crippen LogP contribution in [0.15, 0.2) is 0 Å². The van der Waals surface area contributed by atoms with Crippen molar-refractivity contribution in [2.75, 3.05) is 6.54 Å². The van der Waals surface area contributed by atoms with Crippen molar-refractivity contribution in [2.45, 2.75) is 39.5 Å². The summed E-state index contributed by atoms with van der Waals surface area (Å²) < 4.78 is 0. The lowest BCUT2D eigenvalue weighted by Gasteiger charge is -2.13. The molecule has 0 heterocycles. The predicted octanol–water partition coefficient (Wildman–Crippen LogP) is 1.98. The third kappa shape index (κ3) is 5.30. The van der Waals surface area contributed by atoms with E-state index in [4.69, 9.17) is 5.73 Å². The quantitative estimate of drug-likeness (QED) is 0.595. The lowest BCUT2D eigenvalue weighted by Crippen LogP contribution is -2.15. The van der Waals surface area contributed by atoms with E-state index in [1.165, 1.54) is 12.8 Å². The van der Waals surface area contributed by atoms with E-state index in [1.54, 1.807) is 0 Å². The zero-order chi connectivity index (χ0) is 9.40. The first-order valence-electron chi connectivity index (χ1n) is 4.89. The fraction of sp³-hybridized carbons (Fsp3) is 0.900. The molecule has 0 aliphatic carbocycles. The van der Waals surface area contributed by atoms with Gasteiger partial charge in [-0.2, -0.15) is 0 Å². The second kappa shape index (κ2) is 7.29. The molecule has 0 aliphatic heterocycles. The fourth-order valence-corrected chi connectivity index (χ4v) is 1.35. The largest absolute Gasteiger partial charge is 0.330 e. The lowest BCUT2D eigenvalue weighted by molar-refractivity contribution is -0.110. The maximum atomic E-state index is 10.3. The van der Waals surface area contributed by atoms with Gasteiger partial charge in [0.25, 0.3) is 0 Å². The lowest BCUT2D eigenvalue weighted by atomic mass is 9.94. The van der Waals surface area contributed by atoms with Crippen molar-refractivity contribution in [1.29, 1.82) is 0 Å². The number of hydrogen-bond acceptors (Lipinski definition) is 2. The van der Waals surface area contributed by atoms with Crippen molar-refractivity contribution in [1.82, 2.24) is 0 Å². The molecule has 0 saturated heterocycles. The Balaban J connectivity index is 3.49. The van der Waals surface area contributed by atoms with Crippen LogP contribution in [0.1, 0.15) is 39.5 Å². The smallest absolute Gasteiger partial charge is 0.122 e. The molecule has 2 atom stereocenters. The van der Waals surface area contributed by atoms with Gasteiger partial charge < -0.3 is 10.5 Å². The van der Waals surface area contributed by atoms with Crippen LogP contribution in [-0.4, -0.2) is 12.8 Å². The van der Waals surface area contributed by atoms with E-state index in [2.05, 4.69) is 6.92 Å². The van der Waals surface area contributed by atoms with Gasteiger partial charge >= 0.3 is 0 Å². The van der Waals surface area contributed by atoms with Crippen LogP contribution < -0.4 is 5.73 Å². The molecule has 0 amide bonds. The number of aldehydes is 1. The van der Waals surface area contributed by atoms with Crippen molar-refractivity contribution in [3.8, 4) is 0 Å². The number of hydrogen-bond donors (Lipinski definition) is 1. The van der Waals surface area contributed by atoms with Crippen LogP contribution >= 0.6 is 0 Å². The minimum absolute atomic E-state index is 0.205. The van der Waals surface area contributed by atoms with E-state index < -0.39 is 0 Å². The van der Waals surface area contributed by atoms with Gasteiger partial charge in [0.1, 0.15) is 6.29 Å². The minimum atomic E-state index is 0.205. The molecule has 0 radical (unpaired) electrons. The molecule has 0 aromatic rings. The molecule has 0 aromatic heterocycles. The number of rotatable bonds is 7. The fourth-order valence-electron chi connectivity index (χ4n) is 1.35. The highest BCUT2D eigenvalue weighted by atomic mass is 16.1. The Hall–Kier alpha value is -0.370. The maximum Gasteiger partial charge on any atom is 0.122 e. The second-order valence-electron chi connectivity index (χ2n) is 3.58. The van der Waals surface area contributed by atoms with Gasteiger partial charge in [-0.25, -0.2) is 0 Å². The van der Waals surface area contributed by atoms with Crippen LogP contribution in [0.5, 0.6) is 0 Å². The molecule has 2 heteroatoms. The van der Waals surface area contributed by atoms with E-state index in [-0.39, 0.29) is 5.92 Å². The average Bonchev–Trinajstić information content (AvgIpc) is 2.11. The predicted molar refractivity (Wildman–Crippen MR) is 51.9 cm³/mol. The van der Waals surface area contributed by atoms with Crippen LogP contribution in [-0.2, 0) is 4.79 Å². The zero-order valence-electron chi connectivity index (χ0n) is 8.25. The highest BCUT2D eigenvalue weighted by Crippen LogP contribution is 2.14. The molecule has 0 rings (SSSR count). The number of nitrogens with two attached hydrogens (primary N) is 1. The summed E-state index contributed by atoms with van der Waals surface area (Å²) in [5, 5.41) is 0. The standard InChI is InChI=1S/C10H21NO/c1-3-4-10(7-11)6-5-9(2)8-12/h8-10H,3-7,11H2,1-2H3/t9?,10-/m0/s1. The molecule has 0 fully saturated rings. The molecule has 12 heavy (non-hydrogen) atoms. The topological polar surface area (TPSA) is 43.1 Å². The Morgan fingerprint density at radius 1 is 1.33 bits per heavy atom. The highest BCUT2D eigenvalue weighted by Gasteiger charge is 2.07. The molecule has 0 bridgehead atoms. The van der Waals surface area contributed by atoms with Gasteiger partial charge in [-0.1, -0.05) is 20.3 Å². The normalized spacial score (nSPS) is 15.6. The van der Waals surface area contributed by atoms with Gasteiger partial charge in [-0.3, -0.25) is 0 Å². The van der Waals surface area contributed by atoms with Gasteiger partial charge in [0, 0.05) is 5.92 Å². The first kappa shape index (κ1) is 11.6. The van der Waals surface area contributed by atoms with Crippen LogP contribution in [0, 0.1) is 11.8 Å². The van der Waals surface area contributed by atoms with Gasteiger partial charge in [0.15, 0.2) is 0 Å². The minimum Gasteiger partial charge on any atom is -0.330 e. The zero-order valence-corrected chi connectivity index (χ0v) is 8.25. The summed E-state index contributed by atoms with van der Waals surface area (Å²) in [5.74, 6) is 0.827. The molecule has 0 aromatic carbocycles. The molecular weight excluding hydrogens is 150 g/mol. The monoisotopic (exact) mass is 171 g/mol. The third-order valence-electron chi connectivity index (χ3n) is 2.29. The van der Waals surface area contributed by atoms with E-state index >= 15 is 0 Å². The molecule has 0 saturated carbocycles. The number of carbonyl (C=O) groups excluding carboxylic acids is 1. The molecule has 1 unspecified atom stereocenters. The van der Waals surface area contributed by atoms with Crippen molar-refractivity contribution < 1.29 is 4.79 Å². The molecular formula is C10H21NO. The molecule has 2 nitrogen and oxygen atoms in total. The Kier molecular flexibility index (Phi) is 7.06. The van der Waals surface area contributed by atoms with Gasteiger partial charge in [0.05, 0.1) is 0 Å². The molecule has 0 spiro atoms. The van der Waals surface area contributed by atoms with Crippen molar-refractivity contribution >= 4 is 6.29 Å². The van der Waals surface area contributed by atoms with Crippen LogP contribution in [0.2, 0.25) is 0 Å². The summed E-state index contributed by atoms with van der Waals surface area (Å²) in [6.07, 6.45) is 5.51. The first-order valence-corrected chi connectivity index (χ1v) is 4.89. The van der Waals surface area contributed by atoms with Crippen LogP contribution in [0.25, 0.3) is 0 Å². The summed E-state index contributed by atoms with van der Waals surface area (Å²) in [4.78, 5) is 10.3. The van der Waals surface area contributed by atoms with Gasteiger partial charge in [-0.05, 0) is 31.7 Å². The van der Waals surface area contributed by atoms with Crippen molar-refractivity contribution in [3.63, 3.8) is 0 Å². The highest BCUT2D eigenvalue weighted by molar-refractivity contribution is 5.52. The summed E-state index contributed by atoms with van der Waals surface area (Å²) in [6, 6.07) is 0. The van der Waals surface area contributed by atoms with E-state index in [1.807, 2.05) is 6.92 Å². The maximum absolute atomic E-state index is 10.3. The van der Waals surface area contributed by atoms with Gasteiger partial charge in [-0.15, -0.1) is 0 Å². The molecule has 2 N–H and O–H groups in total. The van der Waals surface area contributed by atoms with Crippen molar-refractivity contribution in [2.24, 2.45) is 17.6 Å². The van der Waals surface area contributed by atoms with Gasteiger partial charge in [0.2, 0.25) is 0 Å². The first-order chi connectivity index (χ1) is 5.74. The van der Waals surface area contributed by atoms with Crippen molar-refractivity contribution in [3.05, 3.63) is 0 Å². The average molecular weight is 171 g/mol. The number of carbonyl (C=O) groups is 1. The third-order valence-corrected chi connectivity index (χ3v) is 2.29. The van der Waals surface area contributed by atoms with E-state index in [9.17, 15) is 4.79 Å². The van der Waals surface area contributed by atoms with E-state index in [0.29, 0.717) is 5.92 Å². The Morgan fingerprint density at radius 2 is 2.00 bits per heavy atom. The van der Waals surface area contributed by atoms with Crippen LogP contribution in [0.3, 0.4) is 0 Å². The Morgan fingerprint density at radius 3 is 2.42 bits per heavy atom. The molecule has 0 aliphatic rings. The Bertz CT molecular complexity index is 114. The summed E-state index contributed by atoms with van der Waals surface area (Å²) >= 11 is 0. The molecule has 72 valence electrons.